The van der Waals surface area contributed by atoms with Gasteiger partial charge in [0.05, 0.1) is 0 Å². The maximum Gasteiger partial charge on any atom is 0.172 e. The topological polar surface area (TPSA) is 15.3 Å². The van der Waals surface area contributed by atoms with Gasteiger partial charge in [0.25, 0.3) is 0 Å². The lowest BCUT2D eigenvalue weighted by Crippen LogP contribution is -2.33. The highest BCUT2D eigenvalue weighted by molar-refractivity contribution is 7.80. The predicted molar refractivity (Wildman–Crippen MR) is 69.6 cm³/mol. The van der Waals surface area contributed by atoms with Crippen LogP contribution in [-0.2, 0) is 0 Å². The molecule has 0 amide bonds. The Morgan fingerprint density at radius 2 is 2.00 bits per heavy atom. The van der Waals surface area contributed by atoms with E-state index in [9.17, 15) is 0 Å². The first-order valence-corrected chi connectivity index (χ1v) is 5.19. The van der Waals surface area contributed by atoms with Gasteiger partial charge in [0.2, 0.25) is 0 Å². The molecule has 2 nitrogen and oxygen atoms in total. The highest BCUT2D eigenvalue weighted by Crippen LogP contribution is 2.19. The van der Waals surface area contributed by atoms with E-state index in [0.717, 1.165) is 11.3 Å². The van der Waals surface area contributed by atoms with Crippen molar-refractivity contribution in [2.75, 3.05) is 14.1 Å². The van der Waals surface area contributed by atoms with E-state index in [0.29, 0.717) is 5.11 Å². The van der Waals surface area contributed by atoms with Crippen molar-refractivity contribution in [1.29, 1.82) is 0 Å². The maximum absolute atomic E-state index is 5.15. The molecule has 0 aromatic heterocycles. The molecule has 0 aliphatic rings. The normalized spacial score (nSPS) is 9.53. The second-order valence-electron chi connectivity index (χ2n) is 3.38. The maximum atomic E-state index is 5.15. The largest absolute Gasteiger partial charge is 0.365 e. The number of nitrogens with zero attached hydrogens (tertiary/aromatic N) is 1. The Morgan fingerprint density at radius 3 is 2.53 bits per heavy atom. The van der Waals surface area contributed by atoms with Crippen LogP contribution in [0.1, 0.15) is 11.1 Å². The average Bonchev–Trinajstić information content (AvgIpc) is 2.26. The molecule has 0 spiro atoms. The van der Waals surface area contributed by atoms with Gasteiger partial charge in [0, 0.05) is 25.4 Å². The zero-order valence-corrected chi connectivity index (χ0v) is 10.2. The second-order valence-corrected chi connectivity index (χ2v) is 3.76. The van der Waals surface area contributed by atoms with Gasteiger partial charge < -0.3 is 10.2 Å². The van der Waals surface area contributed by atoms with Crippen molar-refractivity contribution in [2.24, 2.45) is 0 Å². The molecular formula is C12H16N2S. The van der Waals surface area contributed by atoms with Crippen LogP contribution in [0, 0.1) is 6.92 Å². The molecule has 0 bridgehead atoms. The van der Waals surface area contributed by atoms with Gasteiger partial charge in [-0.05, 0) is 24.7 Å². The predicted octanol–water partition coefficient (Wildman–Crippen LogP) is 2.40. The number of nitrogens with one attached hydrogen (secondary N) is 1. The number of benzene rings is 1. The van der Waals surface area contributed by atoms with Crippen LogP contribution in [-0.4, -0.2) is 24.1 Å². The lowest BCUT2D eigenvalue weighted by Gasteiger charge is -2.23. The van der Waals surface area contributed by atoms with Crippen LogP contribution in [0.25, 0.3) is 5.70 Å². The summed E-state index contributed by atoms with van der Waals surface area (Å²) in [7, 11) is 3.72. The Labute approximate surface area is 96.6 Å². The minimum atomic E-state index is 0.670. The van der Waals surface area contributed by atoms with E-state index >= 15 is 0 Å². The summed E-state index contributed by atoms with van der Waals surface area (Å²) in [6.07, 6.45) is 0. The molecule has 0 saturated heterocycles. The first-order valence-electron chi connectivity index (χ1n) is 4.78. The lowest BCUT2D eigenvalue weighted by atomic mass is 10.1. The smallest absolute Gasteiger partial charge is 0.172 e. The van der Waals surface area contributed by atoms with Gasteiger partial charge in [-0.1, -0.05) is 30.8 Å². The van der Waals surface area contributed by atoms with Gasteiger partial charge in [0.15, 0.2) is 5.11 Å². The third-order valence-electron chi connectivity index (χ3n) is 2.38. The molecule has 1 aromatic carbocycles. The molecule has 1 rings (SSSR count). The van der Waals surface area contributed by atoms with E-state index in [1.807, 2.05) is 37.2 Å². The van der Waals surface area contributed by atoms with E-state index in [-0.39, 0.29) is 0 Å². The van der Waals surface area contributed by atoms with Gasteiger partial charge in [-0.2, -0.15) is 0 Å². The van der Waals surface area contributed by atoms with Crippen molar-refractivity contribution in [3.05, 3.63) is 42.0 Å². The second kappa shape index (κ2) is 4.94. The van der Waals surface area contributed by atoms with Crippen LogP contribution in [0.4, 0.5) is 0 Å². The van der Waals surface area contributed by atoms with E-state index in [1.54, 1.807) is 0 Å². The first kappa shape index (κ1) is 11.7. The molecule has 0 fully saturated rings. The van der Waals surface area contributed by atoms with Crippen molar-refractivity contribution in [3.8, 4) is 0 Å². The number of rotatable bonds is 2. The third kappa shape index (κ3) is 2.57. The molecule has 80 valence electrons. The monoisotopic (exact) mass is 220 g/mol. The van der Waals surface area contributed by atoms with Crippen LogP contribution in [0.15, 0.2) is 30.8 Å². The van der Waals surface area contributed by atoms with Crippen molar-refractivity contribution >= 4 is 23.0 Å². The van der Waals surface area contributed by atoms with E-state index in [2.05, 4.69) is 24.9 Å². The fraction of sp³-hybridized carbons (Fsp3) is 0.250. The van der Waals surface area contributed by atoms with Gasteiger partial charge in [-0.15, -0.1) is 0 Å². The molecule has 15 heavy (non-hydrogen) atoms. The molecule has 3 heteroatoms. The van der Waals surface area contributed by atoms with Crippen molar-refractivity contribution < 1.29 is 0 Å². The van der Waals surface area contributed by atoms with Crippen LogP contribution >= 0.6 is 12.2 Å². The molecule has 1 N–H and O–H groups in total. The van der Waals surface area contributed by atoms with Crippen LogP contribution < -0.4 is 5.32 Å². The van der Waals surface area contributed by atoms with Gasteiger partial charge in [0.1, 0.15) is 0 Å². The summed E-state index contributed by atoms with van der Waals surface area (Å²) in [6, 6.07) is 8.13. The van der Waals surface area contributed by atoms with Gasteiger partial charge in [-0.3, -0.25) is 0 Å². The van der Waals surface area contributed by atoms with Crippen molar-refractivity contribution in [3.63, 3.8) is 0 Å². The summed E-state index contributed by atoms with van der Waals surface area (Å²) >= 11 is 5.15. The summed E-state index contributed by atoms with van der Waals surface area (Å²) < 4.78 is 0. The fourth-order valence-electron chi connectivity index (χ4n) is 1.37. The Balaban J connectivity index is 2.95. The summed E-state index contributed by atoms with van der Waals surface area (Å²) in [4.78, 5) is 1.87. The van der Waals surface area contributed by atoms with Crippen molar-refractivity contribution in [2.45, 2.75) is 6.92 Å². The summed E-state index contributed by atoms with van der Waals surface area (Å²) in [5.41, 5.74) is 3.23. The summed E-state index contributed by atoms with van der Waals surface area (Å²) in [5, 5.41) is 3.60. The first-order chi connectivity index (χ1) is 7.07. The molecular weight excluding hydrogens is 204 g/mol. The van der Waals surface area contributed by atoms with Crippen molar-refractivity contribution in [1.82, 2.24) is 10.2 Å². The SMILES string of the molecule is C=C(c1ccccc1C)N(C)C(=S)NC. The molecule has 0 atom stereocenters. The Hall–Kier alpha value is -1.35. The number of aryl methyl sites for hydroxylation is 1. The van der Waals surface area contributed by atoms with Crippen LogP contribution in [0.2, 0.25) is 0 Å². The van der Waals surface area contributed by atoms with Gasteiger partial charge >= 0.3 is 0 Å². The fourth-order valence-corrected chi connectivity index (χ4v) is 1.48. The highest BCUT2D eigenvalue weighted by Gasteiger charge is 2.09. The Kier molecular flexibility index (Phi) is 3.86. The molecule has 0 saturated carbocycles. The zero-order chi connectivity index (χ0) is 11.4. The molecule has 0 aliphatic heterocycles. The summed E-state index contributed by atoms with van der Waals surface area (Å²) in [5.74, 6) is 0. The molecule has 0 aliphatic carbocycles. The molecule has 0 radical (unpaired) electrons. The van der Waals surface area contributed by atoms with Crippen LogP contribution in [0.5, 0.6) is 0 Å². The molecule has 0 heterocycles. The minimum Gasteiger partial charge on any atom is -0.365 e. The quantitative estimate of drug-likeness (QED) is 0.771. The number of hydrogen-bond acceptors (Lipinski definition) is 1. The number of thiocarbonyl (C=S) groups is 1. The molecule has 1 aromatic rings. The highest BCUT2D eigenvalue weighted by atomic mass is 32.1. The molecule has 0 unspecified atom stereocenters. The van der Waals surface area contributed by atoms with E-state index in [1.165, 1.54) is 5.56 Å². The Bertz CT molecular complexity index is 385. The van der Waals surface area contributed by atoms with Gasteiger partial charge in [-0.25, -0.2) is 0 Å². The standard InChI is InChI=1S/C12H16N2S/c1-9-7-5-6-8-11(9)10(2)14(4)12(15)13-3/h5-8H,2H2,1,3-4H3,(H,13,15). The zero-order valence-electron chi connectivity index (χ0n) is 9.37. The minimum absolute atomic E-state index is 0.670. The van der Waals surface area contributed by atoms with E-state index in [4.69, 9.17) is 12.2 Å². The lowest BCUT2D eigenvalue weighted by molar-refractivity contribution is 0.704. The van der Waals surface area contributed by atoms with E-state index < -0.39 is 0 Å². The van der Waals surface area contributed by atoms with Crippen LogP contribution in [0.3, 0.4) is 0 Å². The third-order valence-corrected chi connectivity index (χ3v) is 2.86. The number of hydrogen-bond donors (Lipinski definition) is 1. The average molecular weight is 220 g/mol. The Morgan fingerprint density at radius 1 is 1.40 bits per heavy atom. The summed E-state index contributed by atoms with van der Waals surface area (Å²) in [6.45, 7) is 6.12.